The Morgan fingerprint density at radius 2 is 1.20 bits per heavy atom. The van der Waals surface area contributed by atoms with Crippen LogP contribution in [0.15, 0.2) is 103 Å². The van der Waals surface area contributed by atoms with Crippen molar-refractivity contribution in [2.75, 3.05) is 27.9 Å². The number of hydrogen-bond donors (Lipinski definition) is 0. The van der Waals surface area contributed by atoms with Gasteiger partial charge in [-0.3, -0.25) is 4.79 Å². The molecule has 4 aromatic rings. The van der Waals surface area contributed by atoms with Crippen molar-refractivity contribution in [2.24, 2.45) is 0 Å². The van der Waals surface area contributed by atoms with Crippen LogP contribution in [0.4, 0.5) is 0 Å². The molecule has 0 N–H and O–H groups in total. The lowest BCUT2D eigenvalue weighted by molar-refractivity contribution is 0.112. The number of benzene rings is 4. The van der Waals surface area contributed by atoms with Gasteiger partial charge in [-0.25, -0.2) is 0 Å². The maximum atomic E-state index is 11.2. The Morgan fingerprint density at radius 3 is 1.66 bits per heavy atom. The van der Waals surface area contributed by atoms with Crippen LogP contribution in [0.5, 0.6) is 11.5 Å². The maximum absolute atomic E-state index is 11.2. The molecule has 4 aromatic carbocycles. The minimum Gasteiger partial charge on any atom is -0.497 e. The van der Waals surface area contributed by atoms with Crippen molar-refractivity contribution in [3.63, 3.8) is 0 Å². The lowest BCUT2D eigenvalue weighted by Gasteiger charge is -2.09. The van der Waals surface area contributed by atoms with Gasteiger partial charge in [0.1, 0.15) is 11.5 Å². The zero-order valence-electron chi connectivity index (χ0n) is 29.5. The molecule has 0 spiro atoms. The van der Waals surface area contributed by atoms with Crippen LogP contribution in [0.25, 0.3) is 28.3 Å². The van der Waals surface area contributed by atoms with Gasteiger partial charge in [-0.15, -0.1) is 0 Å². The Balaban J connectivity index is 0.000000248. The van der Waals surface area contributed by atoms with Crippen LogP contribution >= 0.6 is 0 Å². The van der Waals surface area contributed by atoms with E-state index in [1.807, 2.05) is 0 Å². The SMILES string of the molecule is [2H]c1c([2H])c([2H])c(-c2cc(OC)ccc2/C=C/COC)c([2H])c1[2H].[2H]c1c([2H])c([2H])c(-c2cc(OC)ccc2C=O)c([2H])c1[2H]. The van der Waals surface area contributed by atoms with Gasteiger partial charge in [0.25, 0.3) is 0 Å². The third-order valence-electron chi connectivity index (χ3n) is 4.75. The van der Waals surface area contributed by atoms with Crippen LogP contribution < -0.4 is 9.47 Å². The van der Waals surface area contributed by atoms with Crippen LogP contribution in [-0.4, -0.2) is 34.2 Å². The van der Waals surface area contributed by atoms with Crippen molar-refractivity contribution in [1.82, 2.24) is 0 Å². The molecule has 0 radical (unpaired) electrons. The molecule has 0 atom stereocenters. The van der Waals surface area contributed by atoms with Gasteiger partial charge in [0.15, 0.2) is 6.29 Å². The molecule has 4 nitrogen and oxygen atoms in total. The van der Waals surface area contributed by atoms with E-state index in [0.717, 1.165) is 0 Å². The summed E-state index contributed by atoms with van der Waals surface area (Å²) in [5, 5.41) is 0. The Morgan fingerprint density at radius 1 is 0.714 bits per heavy atom. The average molecular weight is 477 g/mol. The molecule has 0 aliphatic carbocycles. The van der Waals surface area contributed by atoms with E-state index in [9.17, 15) is 4.79 Å². The highest BCUT2D eigenvalue weighted by atomic mass is 16.5. The topological polar surface area (TPSA) is 44.8 Å². The van der Waals surface area contributed by atoms with Gasteiger partial charge < -0.3 is 14.2 Å². The van der Waals surface area contributed by atoms with Crippen LogP contribution in [0, 0.1) is 0 Å². The second-order valence-corrected chi connectivity index (χ2v) is 6.88. The molecule has 0 aromatic heterocycles. The fourth-order valence-corrected chi connectivity index (χ4v) is 3.05. The van der Waals surface area contributed by atoms with Crippen molar-refractivity contribution in [3.8, 4) is 33.8 Å². The lowest BCUT2D eigenvalue weighted by atomic mass is 9.99. The fourth-order valence-electron chi connectivity index (χ4n) is 3.05. The van der Waals surface area contributed by atoms with Gasteiger partial charge in [-0.05, 0) is 58.1 Å². The Kier molecular flexibility index (Phi) is 5.79. The zero-order valence-corrected chi connectivity index (χ0v) is 19.5. The van der Waals surface area contributed by atoms with Crippen molar-refractivity contribution < 1.29 is 32.7 Å². The summed E-state index contributed by atoms with van der Waals surface area (Å²) in [6.07, 6.45) is 4.16. The summed E-state index contributed by atoms with van der Waals surface area (Å²) in [6.45, 7) is 0.409. The molecule has 4 rings (SSSR count). The van der Waals surface area contributed by atoms with E-state index in [1.54, 1.807) is 43.5 Å². The molecular weight excluding hydrogens is 436 g/mol. The van der Waals surface area contributed by atoms with Crippen molar-refractivity contribution >= 4 is 12.4 Å². The molecule has 0 bridgehead atoms. The first-order valence-electron chi connectivity index (χ1n) is 15.5. The van der Waals surface area contributed by atoms with Gasteiger partial charge in [0, 0.05) is 12.7 Å². The minimum absolute atomic E-state index is 0.0120. The quantitative estimate of drug-likeness (QED) is 0.252. The van der Waals surface area contributed by atoms with Gasteiger partial charge in [-0.1, -0.05) is 78.6 Å². The van der Waals surface area contributed by atoms with Gasteiger partial charge >= 0.3 is 0 Å². The highest BCUT2D eigenvalue weighted by Crippen LogP contribution is 2.29. The Hall–Kier alpha value is -4.15. The predicted molar refractivity (Wildman–Crippen MR) is 143 cm³/mol. The molecule has 0 aliphatic heterocycles. The number of hydrogen-bond acceptors (Lipinski definition) is 4. The normalized spacial score (nSPS) is 14.4. The van der Waals surface area contributed by atoms with Crippen LogP contribution in [-0.2, 0) is 4.74 Å². The summed E-state index contributed by atoms with van der Waals surface area (Å²) < 4.78 is 93.8. The number of aldehydes is 1. The maximum Gasteiger partial charge on any atom is 0.150 e. The van der Waals surface area contributed by atoms with Crippen LogP contribution in [0.2, 0.25) is 0 Å². The average Bonchev–Trinajstić information content (AvgIpc) is 3.05. The van der Waals surface area contributed by atoms with Crippen molar-refractivity contribution in [2.45, 2.75) is 0 Å². The lowest BCUT2D eigenvalue weighted by Crippen LogP contribution is -1.90. The van der Waals surface area contributed by atoms with Crippen molar-refractivity contribution in [1.29, 1.82) is 0 Å². The molecule has 0 saturated carbocycles. The van der Waals surface area contributed by atoms with E-state index >= 15 is 0 Å². The van der Waals surface area contributed by atoms with Gasteiger partial charge in [0.05, 0.1) is 34.5 Å². The Labute approximate surface area is 221 Å². The summed E-state index contributed by atoms with van der Waals surface area (Å²) in [7, 11) is 4.54. The second-order valence-electron chi connectivity index (χ2n) is 6.88. The molecule has 0 fully saturated rings. The molecule has 0 heterocycles. The number of ether oxygens (including phenoxy) is 3. The monoisotopic (exact) mass is 476 g/mol. The summed E-state index contributed by atoms with van der Waals surface area (Å²) in [4.78, 5) is 11.2. The first kappa shape index (κ1) is 15.0. The standard InChI is InChI=1S/C17H18O2.C14H12O2/c1-18-12-6-9-15-10-11-16(19-2)13-17(15)14-7-4-3-5-8-14;1-16-13-8-7-12(10-15)14(9-13)11-5-3-2-4-6-11/h3-11,13H,12H2,1-2H3;2-10H,1H3/b9-6+;/i3D,4D,5D,7D,8D;2D,3D,4D,5D,6D. The second kappa shape index (κ2) is 13.5. The summed E-state index contributed by atoms with van der Waals surface area (Å²) in [6, 6.07) is 6.09. The van der Waals surface area contributed by atoms with Gasteiger partial charge in [0.2, 0.25) is 0 Å². The molecule has 4 heteroatoms. The largest absolute Gasteiger partial charge is 0.497 e. The first-order valence-corrected chi connectivity index (χ1v) is 10.5. The Bertz CT molecular complexity index is 1710. The molecular formula is C31H30O4. The van der Waals surface area contributed by atoms with E-state index in [4.69, 9.17) is 27.9 Å². The number of methoxy groups -OCH3 is 3. The molecule has 35 heavy (non-hydrogen) atoms. The zero-order chi connectivity index (χ0) is 33.6. The van der Waals surface area contributed by atoms with E-state index in [1.165, 1.54) is 26.4 Å². The number of rotatable bonds is 8. The third kappa shape index (κ3) is 7.16. The summed E-state index contributed by atoms with van der Waals surface area (Å²) in [5.41, 5.74) is 1.85. The highest BCUT2D eigenvalue weighted by molar-refractivity contribution is 5.88. The van der Waals surface area contributed by atoms with E-state index in [2.05, 4.69) is 0 Å². The van der Waals surface area contributed by atoms with E-state index in [-0.39, 0.29) is 58.5 Å². The van der Waals surface area contributed by atoms with E-state index in [0.29, 0.717) is 35.5 Å². The molecule has 178 valence electrons. The third-order valence-corrected chi connectivity index (χ3v) is 4.75. The summed E-state index contributed by atoms with van der Waals surface area (Å²) >= 11 is 0. The predicted octanol–water partition coefficient (Wildman–Crippen LogP) is 7.20. The number of carbonyl (C=O) groups is 1. The van der Waals surface area contributed by atoms with Crippen LogP contribution in [0.1, 0.15) is 29.6 Å². The van der Waals surface area contributed by atoms with Crippen LogP contribution in [0.3, 0.4) is 0 Å². The number of carbonyl (C=O) groups excluding carboxylic acids is 1. The summed E-state index contributed by atoms with van der Waals surface area (Å²) in [5.74, 6) is 0.975. The molecule has 0 aliphatic rings. The van der Waals surface area contributed by atoms with Gasteiger partial charge in [-0.2, -0.15) is 0 Å². The minimum atomic E-state index is -0.468. The van der Waals surface area contributed by atoms with Crippen molar-refractivity contribution in [3.05, 3.63) is 114 Å². The molecule has 0 amide bonds. The highest BCUT2D eigenvalue weighted by Gasteiger charge is 2.06. The molecule has 0 saturated heterocycles. The smallest absolute Gasteiger partial charge is 0.150 e. The van der Waals surface area contributed by atoms with E-state index < -0.39 is 24.2 Å². The first-order chi connectivity index (χ1) is 21.3. The molecule has 0 unspecified atom stereocenters. The fraction of sp³-hybridized carbons (Fsp3) is 0.129.